The van der Waals surface area contributed by atoms with Gasteiger partial charge in [-0.25, -0.2) is 0 Å². The molecule has 0 radical (unpaired) electrons. The zero-order valence-electron chi connectivity index (χ0n) is 15.3. The van der Waals surface area contributed by atoms with Gasteiger partial charge in [-0.05, 0) is 0 Å². The normalized spacial score (nSPS) is 17.1. The second-order valence-electron chi connectivity index (χ2n) is 6.95. The Labute approximate surface area is 165 Å². The van der Waals surface area contributed by atoms with E-state index in [1.807, 2.05) is 42.5 Å². The molecule has 0 bridgehead atoms. The van der Waals surface area contributed by atoms with Crippen molar-refractivity contribution in [1.29, 1.82) is 0 Å². The van der Waals surface area contributed by atoms with E-state index in [-0.39, 0.29) is 32.4 Å². The van der Waals surface area contributed by atoms with Crippen LogP contribution in [0.3, 0.4) is 0 Å². The van der Waals surface area contributed by atoms with Gasteiger partial charge in [-0.15, -0.1) is 0 Å². The Balaban J connectivity index is 1.68. The van der Waals surface area contributed by atoms with Gasteiger partial charge in [-0.3, -0.25) is 0 Å². The Kier molecular flexibility index (Phi) is 5.51. The van der Waals surface area contributed by atoms with Gasteiger partial charge in [0.2, 0.25) is 0 Å². The molecule has 0 spiro atoms. The molecule has 1 aromatic heterocycles. The van der Waals surface area contributed by atoms with Gasteiger partial charge in [0, 0.05) is 0 Å². The molecule has 5 heteroatoms. The van der Waals surface area contributed by atoms with Crippen LogP contribution in [-0.2, 0) is 6.42 Å². The van der Waals surface area contributed by atoms with Crippen molar-refractivity contribution in [3.63, 3.8) is 0 Å². The number of rotatable bonds is 6. The van der Waals surface area contributed by atoms with Crippen LogP contribution in [0.4, 0.5) is 0 Å². The zero-order valence-corrected chi connectivity index (χ0v) is 17.0. The Morgan fingerprint density at radius 1 is 1.19 bits per heavy atom. The van der Waals surface area contributed by atoms with E-state index in [9.17, 15) is 4.79 Å². The first-order chi connectivity index (χ1) is 13.3. The molecular formula is C22H22N2O2Se. The molecule has 2 atom stereocenters. The third-order valence-corrected chi connectivity index (χ3v) is 7.06. The van der Waals surface area contributed by atoms with Crippen molar-refractivity contribution in [2.45, 2.75) is 37.5 Å². The van der Waals surface area contributed by atoms with Crippen molar-refractivity contribution < 1.29 is 9.53 Å². The molecule has 2 aromatic carbocycles. The fourth-order valence-electron chi connectivity index (χ4n) is 3.97. The molecule has 3 aromatic rings. The minimum absolute atomic E-state index is 0.113. The number of carbonyl (C=O) groups excluding carboxylic acids is 1. The van der Waals surface area contributed by atoms with E-state index in [2.05, 4.69) is 21.3 Å². The van der Waals surface area contributed by atoms with E-state index in [0.717, 1.165) is 36.3 Å². The number of hydrogen-bond acceptors (Lipinski definition) is 4. The quantitative estimate of drug-likeness (QED) is 0.442. The third kappa shape index (κ3) is 3.90. The number of nitrogens with zero attached hydrogens (tertiary/aromatic N) is 2. The maximum atomic E-state index is 13.0. The second kappa shape index (κ2) is 8.20. The van der Waals surface area contributed by atoms with Crippen molar-refractivity contribution in [3.05, 3.63) is 75.9 Å². The van der Waals surface area contributed by atoms with Crippen LogP contribution >= 0.6 is 0 Å². The number of methoxy groups -OCH3 is 1. The van der Waals surface area contributed by atoms with Crippen LogP contribution < -0.4 is 4.74 Å². The second-order valence-corrected chi connectivity index (χ2v) is 8.71. The Bertz CT molecular complexity index is 906. The Morgan fingerprint density at radius 2 is 1.96 bits per heavy atom. The average molecular weight is 425 g/mol. The van der Waals surface area contributed by atoms with E-state index in [1.165, 1.54) is 10.0 Å². The molecule has 1 heterocycles. The van der Waals surface area contributed by atoms with E-state index in [1.54, 1.807) is 7.11 Å². The third-order valence-electron chi connectivity index (χ3n) is 5.39. The van der Waals surface area contributed by atoms with E-state index in [4.69, 9.17) is 4.74 Å². The first kappa shape index (κ1) is 18.1. The monoisotopic (exact) mass is 426 g/mol. The van der Waals surface area contributed by atoms with Crippen molar-refractivity contribution in [3.8, 4) is 5.75 Å². The van der Waals surface area contributed by atoms with Crippen molar-refractivity contribution in [2.75, 3.05) is 7.11 Å². The molecule has 138 valence electrons. The number of Topliss-reactive ketones (excluding diaryl/α,β-unsaturated/α-hetero) is 1. The van der Waals surface area contributed by atoms with Gasteiger partial charge in [-0.2, -0.15) is 0 Å². The van der Waals surface area contributed by atoms with Crippen LogP contribution in [0.5, 0.6) is 5.75 Å². The summed E-state index contributed by atoms with van der Waals surface area (Å²) in [5.41, 5.74) is 3.11. The predicted molar refractivity (Wildman–Crippen MR) is 106 cm³/mol. The molecule has 4 rings (SSSR count). The predicted octanol–water partition coefficient (Wildman–Crippen LogP) is 4.02. The zero-order chi connectivity index (χ0) is 18.6. The summed E-state index contributed by atoms with van der Waals surface area (Å²) in [4.78, 5) is 13.0. The van der Waals surface area contributed by atoms with Crippen LogP contribution in [0.1, 0.15) is 57.2 Å². The molecule has 0 unspecified atom stereocenters. The fourth-order valence-corrected chi connectivity index (χ4v) is 5.54. The number of benzene rings is 2. The summed E-state index contributed by atoms with van der Waals surface area (Å²) in [6.45, 7) is 0. The standard InChI is InChI=1S/C22H22N2O2Se/c1-26-17-12-10-15(11-13-17)19(14-20(25)16-6-3-2-4-7-16)18-8-5-9-21-22(18)23-24-27-21/h2-4,6-7,10-13,18-19H,5,8-9,14H2,1H3/t18-,19-/m0/s1. The van der Waals surface area contributed by atoms with E-state index in [0.29, 0.717) is 6.42 Å². The number of carbonyl (C=O) groups is 1. The average Bonchev–Trinajstić information content (AvgIpc) is 3.22. The van der Waals surface area contributed by atoms with Gasteiger partial charge < -0.3 is 0 Å². The molecule has 4 nitrogen and oxygen atoms in total. The van der Waals surface area contributed by atoms with Crippen molar-refractivity contribution in [2.24, 2.45) is 0 Å². The fraction of sp³-hybridized carbons (Fsp3) is 0.318. The molecule has 0 saturated carbocycles. The van der Waals surface area contributed by atoms with Gasteiger partial charge in [0.15, 0.2) is 0 Å². The summed E-state index contributed by atoms with van der Waals surface area (Å²) in [7, 11) is 1.67. The van der Waals surface area contributed by atoms with Crippen LogP contribution in [0, 0.1) is 0 Å². The van der Waals surface area contributed by atoms with Gasteiger partial charge in [0.1, 0.15) is 0 Å². The first-order valence-corrected chi connectivity index (χ1v) is 10.9. The summed E-state index contributed by atoms with van der Waals surface area (Å²) in [5, 5.41) is 4.50. The minimum atomic E-state index is 0.113. The van der Waals surface area contributed by atoms with Crippen LogP contribution in [0.2, 0.25) is 0 Å². The number of aromatic nitrogens is 2. The van der Waals surface area contributed by atoms with E-state index < -0.39 is 0 Å². The molecule has 0 N–H and O–H groups in total. The number of hydrogen-bond donors (Lipinski definition) is 0. The topological polar surface area (TPSA) is 52.1 Å². The summed E-state index contributed by atoms with van der Waals surface area (Å²) >= 11 is 0.155. The van der Waals surface area contributed by atoms with Crippen molar-refractivity contribution in [1.82, 2.24) is 9.19 Å². The summed E-state index contributed by atoms with van der Waals surface area (Å²) in [6, 6.07) is 17.7. The summed E-state index contributed by atoms with van der Waals surface area (Å²) in [6.07, 6.45) is 3.82. The van der Waals surface area contributed by atoms with Gasteiger partial charge in [0.05, 0.1) is 0 Å². The molecule has 0 fully saturated rings. The van der Waals surface area contributed by atoms with E-state index >= 15 is 0 Å². The van der Waals surface area contributed by atoms with Crippen molar-refractivity contribution >= 4 is 20.5 Å². The van der Waals surface area contributed by atoms with Crippen LogP contribution in [-0.4, -0.2) is 36.8 Å². The molecular weight excluding hydrogens is 403 g/mol. The number of ketones is 1. The first-order valence-electron chi connectivity index (χ1n) is 9.29. The molecule has 0 amide bonds. The van der Waals surface area contributed by atoms with Gasteiger partial charge in [0.25, 0.3) is 0 Å². The number of ether oxygens (including phenoxy) is 1. The summed E-state index contributed by atoms with van der Waals surface area (Å²) in [5.74, 6) is 1.40. The molecule has 0 aliphatic heterocycles. The number of aryl methyl sites for hydroxylation is 1. The summed E-state index contributed by atoms with van der Waals surface area (Å²) < 4.78 is 11.1. The number of fused-ring (bicyclic) bond motifs is 1. The van der Waals surface area contributed by atoms with Gasteiger partial charge >= 0.3 is 165 Å². The maximum absolute atomic E-state index is 13.0. The van der Waals surface area contributed by atoms with Crippen LogP contribution in [0.25, 0.3) is 0 Å². The Hall–Kier alpha value is -2.23. The molecule has 27 heavy (non-hydrogen) atoms. The molecule has 0 saturated heterocycles. The van der Waals surface area contributed by atoms with Gasteiger partial charge in [-0.1, -0.05) is 0 Å². The molecule has 1 aliphatic rings. The van der Waals surface area contributed by atoms with Crippen LogP contribution in [0.15, 0.2) is 54.6 Å². The molecule has 1 aliphatic carbocycles. The SMILES string of the molecule is COc1ccc([C@H](CC(=O)c2ccccc2)[C@@H]2CCCc3[se]nnc32)cc1. The Morgan fingerprint density at radius 3 is 2.70 bits per heavy atom.